The van der Waals surface area contributed by atoms with Gasteiger partial charge in [-0.1, -0.05) is 18.2 Å². The number of nitrogens with zero attached hydrogens (tertiary/aromatic N) is 1. The highest BCUT2D eigenvalue weighted by molar-refractivity contribution is 6.39. The van der Waals surface area contributed by atoms with Gasteiger partial charge < -0.3 is 20.5 Å². The number of rotatable bonds is 7. The third kappa shape index (κ3) is 6.06. The summed E-state index contributed by atoms with van der Waals surface area (Å²) in [7, 11) is 1.44. The first-order valence-corrected chi connectivity index (χ1v) is 8.61. The molecule has 0 bridgehead atoms. The maximum atomic E-state index is 12.1. The summed E-state index contributed by atoms with van der Waals surface area (Å²) >= 11 is 0. The number of hydrogen-bond acceptors (Lipinski definition) is 6. The minimum Gasteiger partial charge on any atom is -0.493 e. The summed E-state index contributed by atoms with van der Waals surface area (Å²) in [5.41, 5.74) is 10.1. The molecule has 0 unspecified atom stereocenters. The average molecular weight is 398 g/mol. The van der Waals surface area contributed by atoms with E-state index in [9.17, 15) is 14.4 Å². The van der Waals surface area contributed by atoms with Crippen molar-refractivity contribution >= 4 is 29.6 Å². The number of methoxy groups -OCH3 is 1. The van der Waals surface area contributed by atoms with Gasteiger partial charge in [0.25, 0.3) is 5.91 Å². The Morgan fingerprint density at radius 2 is 1.76 bits per heavy atom. The molecule has 0 aliphatic carbocycles. The number of nitrogens with two attached hydrogens (primary N) is 1. The SMILES string of the molecule is COc1cc(/C=N\NC(=O)C(=O)Nc2c(C)cccc2C)ccc1OCC(N)=O. The van der Waals surface area contributed by atoms with Gasteiger partial charge in [-0.25, -0.2) is 5.43 Å². The smallest absolute Gasteiger partial charge is 0.329 e. The minimum atomic E-state index is -0.905. The van der Waals surface area contributed by atoms with Crippen LogP contribution < -0.4 is 25.9 Å². The maximum absolute atomic E-state index is 12.1. The van der Waals surface area contributed by atoms with Crippen LogP contribution in [0, 0.1) is 13.8 Å². The fraction of sp³-hybridized carbons (Fsp3) is 0.200. The fourth-order valence-corrected chi connectivity index (χ4v) is 2.43. The second-order valence-electron chi connectivity index (χ2n) is 6.09. The van der Waals surface area contributed by atoms with Crippen LogP contribution in [0.15, 0.2) is 41.5 Å². The van der Waals surface area contributed by atoms with Gasteiger partial charge in [-0.05, 0) is 48.7 Å². The van der Waals surface area contributed by atoms with Crippen molar-refractivity contribution in [1.82, 2.24) is 5.43 Å². The second-order valence-corrected chi connectivity index (χ2v) is 6.09. The quantitative estimate of drug-likeness (QED) is 0.367. The highest BCUT2D eigenvalue weighted by atomic mass is 16.5. The molecule has 0 fully saturated rings. The van der Waals surface area contributed by atoms with Crippen LogP contribution in [0.5, 0.6) is 11.5 Å². The van der Waals surface area contributed by atoms with E-state index in [2.05, 4.69) is 15.8 Å². The summed E-state index contributed by atoms with van der Waals surface area (Å²) in [5.74, 6) is -1.65. The van der Waals surface area contributed by atoms with E-state index in [1.54, 1.807) is 18.2 Å². The Morgan fingerprint density at radius 3 is 2.38 bits per heavy atom. The van der Waals surface area contributed by atoms with Crippen LogP contribution in [0.25, 0.3) is 0 Å². The van der Waals surface area contributed by atoms with Crippen molar-refractivity contribution in [3.05, 3.63) is 53.1 Å². The van der Waals surface area contributed by atoms with Gasteiger partial charge >= 0.3 is 11.8 Å². The summed E-state index contributed by atoms with van der Waals surface area (Å²) in [6.07, 6.45) is 1.34. The van der Waals surface area contributed by atoms with Crippen molar-refractivity contribution in [1.29, 1.82) is 0 Å². The Labute approximate surface area is 167 Å². The number of benzene rings is 2. The first kappa shape index (κ1) is 21.4. The topological polar surface area (TPSA) is 132 Å². The van der Waals surface area contributed by atoms with Crippen molar-refractivity contribution in [3.63, 3.8) is 0 Å². The lowest BCUT2D eigenvalue weighted by atomic mass is 10.1. The van der Waals surface area contributed by atoms with E-state index in [0.717, 1.165) is 11.1 Å². The van der Waals surface area contributed by atoms with Gasteiger partial charge in [0, 0.05) is 5.69 Å². The number of primary amides is 1. The second kappa shape index (κ2) is 9.88. The molecule has 0 spiro atoms. The van der Waals surface area contributed by atoms with Gasteiger partial charge in [-0.15, -0.1) is 0 Å². The molecule has 0 radical (unpaired) electrons. The van der Waals surface area contributed by atoms with Crippen molar-refractivity contribution in [2.45, 2.75) is 13.8 Å². The lowest BCUT2D eigenvalue weighted by molar-refractivity contribution is -0.136. The van der Waals surface area contributed by atoms with Crippen molar-refractivity contribution < 1.29 is 23.9 Å². The van der Waals surface area contributed by atoms with Crippen molar-refractivity contribution in [2.75, 3.05) is 19.0 Å². The molecule has 0 saturated heterocycles. The van der Waals surface area contributed by atoms with Crippen LogP contribution >= 0.6 is 0 Å². The number of carbonyl (C=O) groups excluding carboxylic acids is 3. The largest absolute Gasteiger partial charge is 0.493 e. The molecule has 0 aliphatic heterocycles. The van der Waals surface area contributed by atoms with Gasteiger partial charge in [0.05, 0.1) is 13.3 Å². The fourth-order valence-electron chi connectivity index (χ4n) is 2.43. The summed E-state index contributed by atoms with van der Waals surface area (Å²) < 4.78 is 10.4. The Balaban J connectivity index is 1.98. The van der Waals surface area contributed by atoms with Gasteiger partial charge in [0.1, 0.15) is 0 Å². The number of hydrogen-bond donors (Lipinski definition) is 3. The molecule has 29 heavy (non-hydrogen) atoms. The number of anilines is 1. The highest BCUT2D eigenvalue weighted by Gasteiger charge is 2.15. The summed E-state index contributed by atoms with van der Waals surface area (Å²) in [6.45, 7) is 3.39. The molecule has 3 amide bonds. The molecule has 0 saturated carbocycles. The number of amides is 3. The van der Waals surface area contributed by atoms with Gasteiger partial charge in [-0.2, -0.15) is 5.10 Å². The van der Waals surface area contributed by atoms with Crippen LogP contribution in [0.2, 0.25) is 0 Å². The monoisotopic (exact) mass is 398 g/mol. The Kier molecular flexibility index (Phi) is 7.30. The lowest BCUT2D eigenvalue weighted by Gasteiger charge is -2.10. The molecule has 2 aromatic rings. The van der Waals surface area contributed by atoms with Crippen LogP contribution in [-0.2, 0) is 14.4 Å². The minimum absolute atomic E-state index is 0.282. The molecule has 152 valence electrons. The molecule has 9 heteroatoms. The van der Waals surface area contributed by atoms with Crippen molar-refractivity contribution in [3.8, 4) is 11.5 Å². The average Bonchev–Trinajstić information content (AvgIpc) is 2.69. The first-order chi connectivity index (χ1) is 13.8. The predicted octanol–water partition coefficient (Wildman–Crippen LogP) is 1.26. The third-order valence-electron chi connectivity index (χ3n) is 3.86. The molecular weight excluding hydrogens is 376 g/mol. The third-order valence-corrected chi connectivity index (χ3v) is 3.86. The van der Waals surface area contributed by atoms with Gasteiger partial charge in [0.15, 0.2) is 18.1 Å². The standard InChI is InChI=1S/C20H22N4O5/c1-12-5-4-6-13(2)18(12)23-19(26)20(27)24-22-10-14-7-8-15(16(9-14)28-3)29-11-17(21)25/h4-10H,11H2,1-3H3,(H2,21,25)(H,23,26)(H,24,27)/b22-10-. The van der Waals surface area contributed by atoms with Crippen LogP contribution in [-0.4, -0.2) is 37.7 Å². The lowest BCUT2D eigenvalue weighted by Crippen LogP contribution is -2.32. The van der Waals surface area contributed by atoms with E-state index in [0.29, 0.717) is 22.7 Å². The van der Waals surface area contributed by atoms with E-state index in [-0.39, 0.29) is 6.61 Å². The Hall–Kier alpha value is -3.88. The summed E-state index contributed by atoms with van der Waals surface area (Å²) in [5, 5.41) is 6.35. The maximum Gasteiger partial charge on any atom is 0.329 e. The molecule has 0 heterocycles. The number of carbonyl (C=O) groups is 3. The van der Waals surface area contributed by atoms with E-state index < -0.39 is 17.7 Å². The van der Waals surface area contributed by atoms with E-state index >= 15 is 0 Å². The van der Waals surface area contributed by atoms with Gasteiger partial charge in [-0.3, -0.25) is 14.4 Å². The number of ether oxygens (including phenoxy) is 2. The molecule has 2 rings (SSSR count). The summed E-state index contributed by atoms with van der Waals surface area (Å²) in [4.78, 5) is 34.8. The number of hydrazone groups is 1. The zero-order chi connectivity index (χ0) is 21.4. The molecule has 0 atom stereocenters. The molecule has 0 aromatic heterocycles. The van der Waals surface area contributed by atoms with Crippen LogP contribution in [0.1, 0.15) is 16.7 Å². The zero-order valence-electron chi connectivity index (χ0n) is 16.3. The molecule has 0 aliphatic rings. The van der Waals surface area contributed by atoms with E-state index in [1.165, 1.54) is 13.3 Å². The highest BCUT2D eigenvalue weighted by Crippen LogP contribution is 2.27. The Bertz CT molecular complexity index is 936. The number of para-hydroxylation sites is 1. The normalized spacial score (nSPS) is 10.4. The van der Waals surface area contributed by atoms with Gasteiger partial charge in [0.2, 0.25) is 0 Å². The summed E-state index contributed by atoms with van der Waals surface area (Å²) in [6, 6.07) is 10.3. The van der Waals surface area contributed by atoms with Crippen molar-refractivity contribution in [2.24, 2.45) is 10.8 Å². The molecule has 4 N–H and O–H groups in total. The molecular formula is C20H22N4O5. The predicted molar refractivity (Wildman–Crippen MR) is 108 cm³/mol. The zero-order valence-corrected chi connectivity index (χ0v) is 16.3. The van der Waals surface area contributed by atoms with E-state index in [1.807, 2.05) is 32.0 Å². The Morgan fingerprint density at radius 1 is 1.07 bits per heavy atom. The molecule has 2 aromatic carbocycles. The van der Waals surface area contributed by atoms with Crippen LogP contribution in [0.4, 0.5) is 5.69 Å². The first-order valence-electron chi connectivity index (χ1n) is 8.61. The number of aryl methyl sites for hydroxylation is 2. The molecule has 9 nitrogen and oxygen atoms in total. The number of nitrogens with one attached hydrogen (secondary N) is 2. The van der Waals surface area contributed by atoms with E-state index in [4.69, 9.17) is 15.2 Å². The van der Waals surface area contributed by atoms with Crippen LogP contribution in [0.3, 0.4) is 0 Å².